The van der Waals surface area contributed by atoms with Crippen LogP contribution in [-0.4, -0.2) is 35.8 Å². The van der Waals surface area contributed by atoms with Crippen molar-refractivity contribution in [2.75, 3.05) is 6.54 Å². The van der Waals surface area contributed by atoms with E-state index in [1.807, 2.05) is 24.3 Å². The van der Waals surface area contributed by atoms with E-state index in [2.05, 4.69) is 22.7 Å². The summed E-state index contributed by atoms with van der Waals surface area (Å²) in [5, 5.41) is 23.2. The van der Waals surface area contributed by atoms with Gasteiger partial charge in [0.25, 0.3) is 5.88 Å². The number of allylic oxidation sites excluding steroid dienone is 1. The first kappa shape index (κ1) is 20.7. The summed E-state index contributed by atoms with van der Waals surface area (Å²) in [7, 11) is 1.69. The van der Waals surface area contributed by atoms with E-state index < -0.39 is 0 Å². The normalized spacial score (nSPS) is 13.7. The molecule has 0 saturated carbocycles. The SMILES string of the molecule is C=CCn1c(=O)n(C)c2nc(-c3cc(CN4CCc5onc(O)c5C4)ccc3C#N)ccc21. The van der Waals surface area contributed by atoms with Crippen molar-refractivity contribution in [1.29, 1.82) is 5.26 Å². The predicted octanol–water partition coefficient (Wildman–Crippen LogP) is 2.71. The van der Waals surface area contributed by atoms with Crippen molar-refractivity contribution in [2.24, 2.45) is 7.05 Å². The summed E-state index contributed by atoms with van der Waals surface area (Å²) in [5.41, 5.74) is 4.72. The number of hydrogen-bond acceptors (Lipinski definition) is 7. The Hall–Kier alpha value is -4.16. The van der Waals surface area contributed by atoms with Crippen LogP contribution in [0.15, 0.2) is 52.3 Å². The third kappa shape index (κ3) is 3.50. The molecular weight excluding hydrogens is 420 g/mol. The van der Waals surface area contributed by atoms with Gasteiger partial charge < -0.3 is 9.63 Å². The van der Waals surface area contributed by atoms with E-state index in [9.17, 15) is 15.2 Å². The molecule has 1 aliphatic heterocycles. The maximum atomic E-state index is 12.6. The summed E-state index contributed by atoms with van der Waals surface area (Å²) in [5.74, 6) is 0.678. The summed E-state index contributed by atoms with van der Waals surface area (Å²) in [6, 6.07) is 11.6. The molecule has 0 aliphatic carbocycles. The predicted molar refractivity (Wildman–Crippen MR) is 121 cm³/mol. The fourth-order valence-corrected chi connectivity index (χ4v) is 4.37. The Kier molecular flexibility index (Phi) is 5.07. The minimum atomic E-state index is -0.162. The standard InChI is InChI=1S/C24H22N6O3/c1-3-9-30-20-7-6-19(26-22(20)28(2)24(30)32)17-11-15(4-5-16(17)12-25)13-29-10-8-21-18(14-29)23(31)27-33-21/h3-7,11H,1,8-10,13-14H2,2H3,(H,27,31). The lowest BCUT2D eigenvalue weighted by atomic mass is 10.0. The minimum Gasteiger partial charge on any atom is -0.491 e. The third-order valence-corrected chi connectivity index (χ3v) is 6.06. The van der Waals surface area contributed by atoms with Crippen LogP contribution >= 0.6 is 0 Å². The monoisotopic (exact) mass is 442 g/mol. The maximum Gasteiger partial charge on any atom is 0.330 e. The van der Waals surface area contributed by atoms with Crippen molar-refractivity contribution in [2.45, 2.75) is 26.1 Å². The van der Waals surface area contributed by atoms with Crippen LogP contribution in [0.4, 0.5) is 0 Å². The fraction of sp³-hybridized carbons (Fsp3) is 0.250. The highest BCUT2D eigenvalue weighted by molar-refractivity contribution is 5.78. The zero-order valence-corrected chi connectivity index (χ0v) is 18.2. The summed E-state index contributed by atoms with van der Waals surface area (Å²) in [6.45, 7) is 6.08. The molecule has 1 aromatic carbocycles. The van der Waals surface area contributed by atoms with E-state index in [0.717, 1.165) is 28.9 Å². The number of pyridine rings is 1. The van der Waals surface area contributed by atoms with Gasteiger partial charge in [0, 0.05) is 45.2 Å². The first-order valence-electron chi connectivity index (χ1n) is 10.6. The smallest absolute Gasteiger partial charge is 0.330 e. The van der Waals surface area contributed by atoms with Crippen LogP contribution in [0, 0.1) is 11.3 Å². The number of aromatic hydroxyl groups is 1. The Morgan fingerprint density at radius 2 is 2.18 bits per heavy atom. The second-order valence-electron chi connectivity index (χ2n) is 8.14. The van der Waals surface area contributed by atoms with Gasteiger partial charge >= 0.3 is 5.69 Å². The molecule has 0 amide bonds. The molecular formula is C24H22N6O3. The Bertz CT molecular complexity index is 1490. The number of nitrogens with zero attached hydrogens (tertiary/aromatic N) is 6. The van der Waals surface area contributed by atoms with Crippen LogP contribution in [0.1, 0.15) is 22.5 Å². The molecule has 0 fully saturated rings. The van der Waals surface area contributed by atoms with E-state index in [0.29, 0.717) is 48.5 Å². The van der Waals surface area contributed by atoms with E-state index in [1.54, 1.807) is 23.8 Å². The van der Waals surface area contributed by atoms with Gasteiger partial charge in [-0.3, -0.25) is 14.0 Å². The van der Waals surface area contributed by atoms with Crippen LogP contribution in [-0.2, 0) is 33.1 Å². The Labute approximate surface area is 189 Å². The van der Waals surface area contributed by atoms with Gasteiger partial charge in [-0.1, -0.05) is 12.1 Å². The van der Waals surface area contributed by atoms with Crippen LogP contribution in [0.3, 0.4) is 0 Å². The van der Waals surface area contributed by atoms with Crippen molar-refractivity contribution in [3.05, 3.63) is 75.9 Å². The first-order valence-corrected chi connectivity index (χ1v) is 10.6. The molecule has 1 aliphatic rings. The number of rotatable bonds is 5. The second kappa shape index (κ2) is 8.07. The zero-order valence-electron chi connectivity index (χ0n) is 18.2. The number of hydrogen-bond donors (Lipinski definition) is 1. The lowest BCUT2D eigenvalue weighted by Gasteiger charge is -2.25. The lowest BCUT2D eigenvalue weighted by molar-refractivity contribution is 0.228. The van der Waals surface area contributed by atoms with Gasteiger partial charge in [-0.25, -0.2) is 9.78 Å². The largest absolute Gasteiger partial charge is 0.491 e. The molecule has 33 heavy (non-hydrogen) atoms. The Morgan fingerprint density at radius 1 is 1.33 bits per heavy atom. The number of fused-ring (bicyclic) bond motifs is 2. The number of aromatic nitrogens is 4. The quantitative estimate of drug-likeness (QED) is 0.473. The summed E-state index contributed by atoms with van der Waals surface area (Å²) >= 11 is 0. The van der Waals surface area contributed by atoms with Crippen molar-refractivity contribution in [1.82, 2.24) is 24.2 Å². The molecule has 0 saturated heterocycles. The minimum absolute atomic E-state index is 0.0540. The molecule has 4 heterocycles. The van der Waals surface area contributed by atoms with Gasteiger partial charge in [0.2, 0.25) is 0 Å². The van der Waals surface area contributed by atoms with Crippen molar-refractivity contribution < 1.29 is 9.63 Å². The van der Waals surface area contributed by atoms with Gasteiger partial charge in [-0.2, -0.15) is 5.26 Å². The van der Waals surface area contributed by atoms with E-state index in [-0.39, 0.29) is 11.6 Å². The third-order valence-electron chi connectivity index (χ3n) is 6.06. The van der Waals surface area contributed by atoms with Crippen LogP contribution in [0.5, 0.6) is 5.88 Å². The summed E-state index contributed by atoms with van der Waals surface area (Å²) in [4.78, 5) is 19.5. The van der Waals surface area contributed by atoms with Gasteiger partial charge in [0.05, 0.1) is 28.4 Å². The molecule has 166 valence electrons. The second-order valence-corrected chi connectivity index (χ2v) is 8.14. The highest BCUT2D eigenvalue weighted by Crippen LogP contribution is 2.29. The number of benzene rings is 1. The molecule has 0 spiro atoms. The molecule has 0 bridgehead atoms. The molecule has 0 radical (unpaired) electrons. The van der Waals surface area contributed by atoms with E-state index in [4.69, 9.17) is 9.51 Å². The zero-order chi connectivity index (χ0) is 23.1. The van der Waals surface area contributed by atoms with Gasteiger partial charge in [-0.05, 0) is 35.0 Å². The molecule has 3 aromatic heterocycles. The molecule has 0 atom stereocenters. The topological polar surface area (TPSA) is 113 Å². The van der Waals surface area contributed by atoms with E-state index in [1.165, 1.54) is 4.57 Å². The van der Waals surface area contributed by atoms with Crippen molar-refractivity contribution in [3.8, 4) is 23.2 Å². The average Bonchev–Trinajstić information content (AvgIpc) is 3.31. The van der Waals surface area contributed by atoms with E-state index >= 15 is 0 Å². The van der Waals surface area contributed by atoms with Crippen LogP contribution in [0.25, 0.3) is 22.4 Å². The molecule has 1 N–H and O–H groups in total. The number of aryl methyl sites for hydroxylation is 1. The van der Waals surface area contributed by atoms with Gasteiger partial charge in [0.15, 0.2) is 5.65 Å². The van der Waals surface area contributed by atoms with Crippen LogP contribution in [0.2, 0.25) is 0 Å². The van der Waals surface area contributed by atoms with Gasteiger partial charge in [-0.15, -0.1) is 6.58 Å². The Balaban J connectivity index is 1.50. The first-order chi connectivity index (χ1) is 16.0. The van der Waals surface area contributed by atoms with Crippen molar-refractivity contribution >= 4 is 11.2 Å². The van der Waals surface area contributed by atoms with Gasteiger partial charge in [0.1, 0.15) is 5.76 Å². The molecule has 4 aromatic rings. The average molecular weight is 442 g/mol. The van der Waals surface area contributed by atoms with Crippen molar-refractivity contribution in [3.63, 3.8) is 0 Å². The Morgan fingerprint density at radius 3 is 2.97 bits per heavy atom. The molecule has 9 heteroatoms. The lowest BCUT2D eigenvalue weighted by Crippen LogP contribution is -2.29. The molecule has 9 nitrogen and oxygen atoms in total. The molecule has 0 unspecified atom stereocenters. The molecule has 5 rings (SSSR count). The number of nitriles is 1. The highest BCUT2D eigenvalue weighted by Gasteiger charge is 2.24. The number of imidazole rings is 1. The highest BCUT2D eigenvalue weighted by atomic mass is 16.5. The fourth-order valence-electron chi connectivity index (χ4n) is 4.37. The summed E-state index contributed by atoms with van der Waals surface area (Å²) < 4.78 is 8.29. The summed E-state index contributed by atoms with van der Waals surface area (Å²) in [6.07, 6.45) is 2.36. The maximum absolute atomic E-state index is 12.6. The van der Waals surface area contributed by atoms with Crippen LogP contribution < -0.4 is 5.69 Å².